The maximum absolute atomic E-state index is 12.9. The number of rotatable bonds is 6. The first-order valence-electron chi connectivity index (χ1n) is 7.54. The Kier molecular flexibility index (Phi) is 5.89. The van der Waals surface area contributed by atoms with E-state index in [0.29, 0.717) is 12.8 Å². The molecule has 1 N–H and O–H groups in total. The third-order valence-corrected chi connectivity index (χ3v) is 5.82. The Morgan fingerprint density at radius 1 is 1.21 bits per heavy atom. The number of benzene rings is 1. The summed E-state index contributed by atoms with van der Waals surface area (Å²) in [7, 11) is -3.71. The van der Waals surface area contributed by atoms with Crippen LogP contribution in [0.5, 0.6) is 0 Å². The van der Waals surface area contributed by atoms with E-state index in [1.807, 2.05) is 0 Å². The molecule has 1 saturated heterocycles. The van der Waals surface area contributed by atoms with Crippen LogP contribution in [0.25, 0.3) is 0 Å². The van der Waals surface area contributed by atoms with E-state index in [4.69, 9.17) is 0 Å². The van der Waals surface area contributed by atoms with E-state index in [9.17, 15) is 27.5 Å². The number of amides is 1. The Balaban J connectivity index is 1.91. The highest BCUT2D eigenvalue weighted by Gasteiger charge is 2.31. The van der Waals surface area contributed by atoms with Crippen molar-refractivity contribution in [1.29, 1.82) is 0 Å². The van der Waals surface area contributed by atoms with E-state index in [2.05, 4.69) is 5.32 Å². The third kappa shape index (κ3) is 4.51. The lowest BCUT2D eigenvalue weighted by Crippen LogP contribution is -2.43. The van der Waals surface area contributed by atoms with Gasteiger partial charge >= 0.3 is 0 Å². The predicted octanol–water partition coefficient (Wildman–Crippen LogP) is -0.517. The first kappa shape index (κ1) is 18.3. The Labute approximate surface area is 139 Å². The molecule has 1 aromatic carbocycles. The molecule has 1 fully saturated rings. The van der Waals surface area contributed by atoms with Crippen LogP contribution in [-0.4, -0.2) is 44.2 Å². The molecule has 1 aromatic rings. The summed E-state index contributed by atoms with van der Waals surface area (Å²) in [6.45, 7) is 0.353. The number of carboxylic acid groups (broad SMARTS) is 1. The Morgan fingerprint density at radius 3 is 2.33 bits per heavy atom. The van der Waals surface area contributed by atoms with Gasteiger partial charge in [0.1, 0.15) is 5.82 Å². The normalized spacial score (nSPS) is 16.7. The first-order chi connectivity index (χ1) is 11.3. The van der Waals surface area contributed by atoms with Crippen molar-refractivity contribution in [2.75, 3.05) is 19.6 Å². The molecule has 1 heterocycles. The van der Waals surface area contributed by atoms with Crippen molar-refractivity contribution < 1.29 is 27.5 Å². The number of carbonyl (C=O) groups is 2. The Morgan fingerprint density at radius 2 is 1.79 bits per heavy atom. The summed E-state index contributed by atoms with van der Waals surface area (Å²) in [5.74, 6) is -2.39. The topological polar surface area (TPSA) is 107 Å². The second-order valence-electron chi connectivity index (χ2n) is 5.55. The zero-order chi connectivity index (χ0) is 17.7. The lowest BCUT2D eigenvalue weighted by atomic mass is 9.97. The van der Waals surface area contributed by atoms with Crippen LogP contribution >= 0.6 is 0 Å². The summed E-state index contributed by atoms with van der Waals surface area (Å²) >= 11 is 0. The quantitative estimate of drug-likeness (QED) is 0.737. The van der Waals surface area contributed by atoms with Gasteiger partial charge < -0.3 is 15.2 Å². The van der Waals surface area contributed by atoms with Crippen molar-refractivity contribution in [3.63, 3.8) is 0 Å². The fourth-order valence-corrected chi connectivity index (χ4v) is 4.02. The van der Waals surface area contributed by atoms with Crippen LogP contribution in [0.15, 0.2) is 29.2 Å². The van der Waals surface area contributed by atoms with Crippen molar-refractivity contribution in [2.45, 2.75) is 24.2 Å². The summed E-state index contributed by atoms with van der Waals surface area (Å²) in [6.07, 6.45) is 0.429. The number of carbonyl (C=O) groups excluding carboxylic acids is 2. The van der Waals surface area contributed by atoms with Gasteiger partial charge in [-0.25, -0.2) is 12.8 Å². The monoisotopic (exact) mass is 357 g/mol. The fourth-order valence-electron chi connectivity index (χ4n) is 2.55. The number of hydrogen-bond acceptors (Lipinski definition) is 5. The first-order valence-corrected chi connectivity index (χ1v) is 8.98. The van der Waals surface area contributed by atoms with Gasteiger partial charge in [-0.3, -0.25) is 4.79 Å². The van der Waals surface area contributed by atoms with E-state index in [-0.39, 0.29) is 42.8 Å². The largest absolute Gasteiger partial charge is 0.550 e. The molecule has 0 atom stereocenters. The number of nitrogens with one attached hydrogen (secondary N) is 1. The third-order valence-electron chi connectivity index (χ3n) is 3.90. The summed E-state index contributed by atoms with van der Waals surface area (Å²) in [6, 6.07) is 4.60. The summed E-state index contributed by atoms with van der Waals surface area (Å²) in [5.41, 5.74) is 0. The van der Waals surface area contributed by atoms with Gasteiger partial charge in [-0.1, -0.05) is 0 Å². The minimum atomic E-state index is -3.71. The number of halogens is 1. The highest BCUT2D eigenvalue weighted by molar-refractivity contribution is 7.89. The molecule has 132 valence electrons. The molecule has 0 unspecified atom stereocenters. The molecule has 1 amide bonds. The second-order valence-corrected chi connectivity index (χ2v) is 7.48. The molecule has 0 spiro atoms. The van der Waals surface area contributed by atoms with Crippen LogP contribution in [0.2, 0.25) is 0 Å². The van der Waals surface area contributed by atoms with E-state index in [0.717, 1.165) is 12.1 Å². The smallest absolute Gasteiger partial charge is 0.243 e. The van der Waals surface area contributed by atoms with Gasteiger partial charge in [-0.15, -0.1) is 0 Å². The molecular formula is C15H18FN2O5S-. The van der Waals surface area contributed by atoms with E-state index < -0.39 is 21.8 Å². The van der Waals surface area contributed by atoms with Crippen molar-refractivity contribution in [2.24, 2.45) is 5.92 Å². The van der Waals surface area contributed by atoms with Crippen LogP contribution in [0, 0.1) is 11.7 Å². The van der Waals surface area contributed by atoms with Gasteiger partial charge in [0.05, 0.1) is 4.90 Å². The van der Waals surface area contributed by atoms with Gasteiger partial charge in [-0.2, -0.15) is 4.31 Å². The van der Waals surface area contributed by atoms with E-state index >= 15 is 0 Å². The van der Waals surface area contributed by atoms with Crippen LogP contribution in [0.4, 0.5) is 4.39 Å². The molecular weight excluding hydrogens is 339 g/mol. The number of piperidine rings is 1. The standard InChI is InChI=1S/C15H19FN2O5S/c16-12-1-3-13(4-2-12)24(22,23)18-9-6-11(7-10-18)15(21)17-8-5-14(19)20/h1-4,11H,5-10H2,(H,17,21)(H,19,20)/p-1. The van der Waals surface area contributed by atoms with E-state index in [1.165, 1.54) is 16.4 Å². The average molecular weight is 357 g/mol. The molecule has 0 saturated carbocycles. The van der Waals surface area contributed by atoms with Crippen LogP contribution in [0.3, 0.4) is 0 Å². The zero-order valence-electron chi connectivity index (χ0n) is 12.9. The summed E-state index contributed by atoms with van der Waals surface area (Å²) in [5, 5.41) is 12.8. The van der Waals surface area contributed by atoms with Crippen LogP contribution in [0.1, 0.15) is 19.3 Å². The molecule has 0 aliphatic carbocycles. The number of nitrogens with zero attached hydrogens (tertiary/aromatic N) is 1. The summed E-state index contributed by atoms with van der Waals surface area (Å²) < 4.78 is 39.1. The predicted molar refractivity (Wildman–Crippen MR) is 80.5 cm³/mol. The highest BCUT2D eigenvalue weighted by atomic mass is 32.2. The average Bonchev–Trinajstić information content (AvgIpc) is 2.55. The Bertz CT molecular complexity index is 697. The highest BCUT2D eigenvalue weighted by Crippen LogP contribution is 2.24. The molecule has 0 bridgehead atoms. The molecule has 24 heavy (non-hydrogen) atoms. The van der Waals surface area contributed by atoms with Crippen molar-refractivity contribution >= 4 is 21.9 Å². The fraction of sp³-hybridized carbons (Fsp3) is 0.467. The van der Waals surface area contributed by atoms with Crippen LogP contribution in [-0.2, 0) is 19.6 Å². The molecule has 0 radical (unpaired) electrons. The summed E-state index contributed by atoms with van der Waals surface area (Å²) in [4.78, 5) is 22.2. The van der Waals surface area contributed by atoms with E-state index in [1.54, 1.807) is 0 Å². The number of aliphatic carboxylic acids is 1. The molecule has 1 aliphatic heterocycles. The number of sulfonamides is 1. The minimum Gasteiger partial charge on any atom is -0.550 e. The number of hydrogen-bond donors (Lipinski definition) is 1. The van der Waals surface area contributed by atoms with Gasteiger partial charge in [0.15, 0.2) is 0 Å². The van der Waals surface area contributed by atoms with Gasteiger partial charge in [0, 0.05) is 37.9 Å². The molecule has 0 aromatic heterocycles. The molecule has 1 aliphatic rings. The maximum Gasteiger partial charge on any atom is 0.243 e. The van der Waals surface area contributed by atoms with Crippen molar-refractivity contribution in [3.8, 4) is 0 Å². The molecule has 7 nitrogen and oxygen atoms in total. The molecule has 9 heteroatoms. The molecule has 2 rings (SSSR count). The van der Waals surface area contributed by atoms with Crippen molar-refractivity contribution in [1.82, 2.24) is 9.62 Å². The minimum absolute atomic E-state index is 0.00470. The maximum atomic E-state index is 12.9. The van der Waals surface area contributed by atoms with Gasteiger partial charge in [0.2, 0.25) is 15.9 Å². The van der Waals surface area contributed by atoms with Gasteiger partial charge in [0.25, 0.3) is 0 Å². The second kappa shape index (κ2) is 7.71. The van der Waals surface area contributed by atoms with Crippen molar-refractivity contribution in [3.05, 3.63) is 30.1 Å². The van der Waals surface area contributed by atoms with Crippen LogP contribution < -0.4 is 10.4 Å². The lowest BCUT2D eigenvalue weighted by Gasteiger charge is -2.30. The Hall–Kier alpha value is -2.00. The number of carboxylic acids is 1. The lowest BCUT2D eigenvalue weighted by molar-refractivity contribution is -0.305. The zero-order valence-corrected chi connectivity index (χ0v) is 13.7. The van der Waals surface area contributed by atoms with Gasteiger partial charge in [-0.05, 0) is 37.1 Å². The SMILES string of the molecule is O=C([O-])CCNC(=O)C1CCN(S(=O)(=O)c2ccc(F)cc2)CC1.